The van der Waals surface area contributed by atoms with Gasteiger partial charge in [0, 0.05) is 20.1 Å². The summed E-state index contributed by atoms with van der Waals surface area (Å²) < 4.78 is 16.7. The van der Waals surface area contributed by atoms with Crippen molar-refractivity contribution in [2.45, 2.75) is 84.3 Å². The fourth-order valence-electron chi connectivity index (χ4n) is 2.83. The molecule has 0 saturated heterocycles. The maximum atomic E-state index is 5.65. The van der Waals surface area contributed by atoms with Crippen LogP contribution in [0.1, 0.15) is 78.6 Å². The van der Waals surface area contributed by atoms with E-state index in [0.29, 0.717) is 5.92 Å². The van der Waals surface area contributed by atoms with E-state index in [1.54, 1.807) is 20.5 Å². The zero-order chi connectivity index (χ0) is 16.7. The standard InChI is InChI=1S/C19H38O3/c1-6-8-9-10-11-12-14-18(19(3,20-4)21-5)15-13-17-22-16-7-2/h7,16,18H,6,8-15,17H2,1-5H3. The average Bonchev–Trinajstić information content (AvgIpc) is 2.55. The first-order chi connectivity index (χ1) is 10.6. The molecule has 0 rings (SSSR count). The Labute approximate surface area is 138 Å². The van der Waals surface area contributed by atoms with E-state index in [1.165, 1.54) is 38.5 Å². The molecule has 0 aromatic rings. The minimum absolute atomic E-state index is 0.419. The van der Waals surface area contributed by atoms with Gasteiger partial charge in [-0.25, -0.2) is 0 Å². The topological polar surface area (TPSA) is 27.7 Å². The molecule has 0 spiro atoms. The van der Waals surface area contributed by atoms with Crippen LogP contribution in [-0.2, 0) is 14.2 Å². The van der Waals surface area contributed by atoms with Crippen molar-refractivity contribution in [3.05, 3.63) is 12.3 Å². The van der Waals surface area contributed by atoms with Gasteiger partial charge in [0.25, 0.3) is 0 Å². The van der Waals surface area contributed by atoms with Gasteiger partial charge in [-0.3, -0.25) is 0 Å². The van der Waals surface area contributed by atoms with Crippen molar-refractivity contribution in [3.63, 3.8) is 0 Å². The van der Waals surface area contributed by atoms with E-state index < -0.39 is 5.79 Å². The van der Waals surface area contributed by atoms with E-state index >= 15 is 0 Å². The van der Waals surface area contributed by atoms with Crippen LogP contribution in [0.15, 0.2) is 12.3 Å². The SMILES string of the molecule is CC=COCCCC(CCCCCCCC)C(C)(OC)OC. The molecule has 0 amide bonds. The highest BCUT2D eigenvalue weighted by Crippen LogP contribution is 2.31. The van der Waals surface area contributed by atoms with Crippen molar-refractivity contribution in [2.24, 2.45) is 5.92 Å². The smallest absolute Gasteiger partial charge is 0.167 e. The van der Waals surface area contributed by atoms with Crippen LogP contribution < -0.4 is 0 Å². The van der Waals surface area contributed by atoms with Gasteiger partial charge in [-0.15, -0.1) is 0 Å². The lowest BCUT2D eigenvalue weighted by Gasteiger charge is -2.35. The van der Waals surface area contributed by atoms with Crippen LogP contribution in [0.4, 0.5) is 0 Å². The molecule has 0 aliphatic carbocycles. The molecule has 3 nitrogen and oxygen atoms in total. The molecule has 0 saturated carbocycles. The molecular formula is C19H38O3. The minimum Gasteiger partial charge on any atom is -0.502 e. The van der Waals surface area contributed by atoms with Crippen molar-refractivity contribution in [3.8, 4) is 0 Å². The van der Waals surface area contributed by atoms with E-state index in [0.717, 1.165) is 25.9 Å². The number of rotatable bonds is 15. The number of ether oxygens (including phenoxy) is 3. The minimum atomic E-state index is -0.482. The number of hydrogen-bond donors (Lipinski definition) is 0. The lowest BCUT2D eigenvalue weighted by atomic mass is 9.88. The summed E-state index contributed by atoms with van der Waals surface area (Å²) in [6.45, 7) is 7.05. The van der Waals surface area contributed by atoms with Gasteiger partial charge >= 0.3 is 0 Å². The largest absolute Gasteiger partial charge is 0.502 e. The van der Waals surface area contributed by atoms with E-state index in [-0.39, 0.29) is 0 Å². The van der Waals surface area contributed by atoms with Crippen LogP contribution in [0.5, 0.6) is 0 Å². The third-order valence-corrected chi connectivity index (χ3v) is 4.51. The van der Waals surface area contributed by atoms with Gasteiger partial charge in [0.05, 0.1) is 12.9 Å². The Morgan fingerprint density at radius 3 is 2.09 bits per heavy atom. The van der Waals surface area contributed by atoms with Gasteiger partial charge in [0.1, 0.15) is 0 Å². The summed E-state index contributed by atoms with van der Waals surface area (Å²) in [6, 6.07) is 0. The molecule has 0 bridgehead atoms. The van der Waals surface area contributed by atoms with Gasteiger partial charge in [-0.1, -0.05) is 51.5 Å². The molecule has 1 atom stereocenters. The van der Waals surface area contributed by atoms with Crippen LogP contribution in [0.3, 0.4) is 0 Å². The molecule has 0 radical (unpaired) electrons. The first kappa shape index (κ1) is 21.5. The molecular weight excluding hydrogens is 276 g/mol. The Balaban J connectivity index is 4.17. The van der Waals surface area contributed by atoms with Crippen molar-refractivity contribution < 1.29 is 14.2 Å². The normalized spacial score (nSPS) is 13.7. The Morgan fingerprint density at radius 2 is 1.50 bits per heavy atom. The van der Waals surface area contributed by atoms with Crippen molar-refractivity contribution >= 4 is 0 Å². The highest BCUT2D eigenvalue weighted by molar-refractivity contribution is 4.75. The second-order valence-corrected chi connectivity index (χ2v) is 6.16. The molecule has 0 heterocycles. The first-order valence-electron chi connectivity index (χ1n) is 8.97. The monoisotopic (exact) mass is 314 g/mol. The Hall–Kier alpha value is -0.540. The molecule has 132 valence electrons. The molecule has 3 heteroatoms. The summed E-state index contributed by atoms with van der Waals surface area (Å²) in [4.78, 5) is 0. The van der Waals surface area contributed by atoms with E-state index in [9.17, 15) is 0 Å². The summed E-state index contributed by atoms with van der Waals surface area (Å²) in [5, 5.41) is 0. The molecule has 0 N–H and O–H groups in total. The molecule has 0 fully saturated rings. The van der Waals surface area contributed by atoms with E-state index in [1.807, 2.05) is 13.0 Å². The predicted molar refractivity (Wildman–Crippen MR) is 93.9 cm³/mol. The third-order valence-electron chi connectivity index (χ3n) is 4.51. The molecule has 1 unspecified atom stereocenters. The van der Waals surface area contributed by atoms with E-state index in [4.69, 9.17) is 14.2 Å². The molecule has 0 aromatic carbocycles. The number of hydrogen-bond acceptors (Lipinski definition) is 3. The van der Waals surface area contributed by atoms with Crippen LogP contribution in [0.25, 0.3) is 0 Å². The first-order valence-corrected chi connectivity index (χ1v) is 8.97. The van der Waals surface area contributed by atoms with Gasteiger partial charge in [0.15, 0.2) is 5.79 Å². The third kappa shape index (κ3) is 9.47. The maximum absolute atomic E-state index is 5.65. The van der Waals surface area contributed by atoms with Crippen LogP contribution >= 0.6 is 0 Å². The number of methoxy groups -OCH3 is 2. The Bertz CT molecular complexity index is 259. The molecule has 22 heavy (non-hydrogen) atoms. The van der Waals surface area contributed by atoms with Crippen molar-refractivity contribution in [1.29, 1.82) is 0 Å². The second kappa shape index (κ2) is 14.1. The summed E-state index contributed by atoms with van der Waals surface area (Å²) in [5.41, 5.74) is 0. The molecule has 0 aliphatic rings. The number of allylic oxidation sites excluding steroid dienone is 1. The van der Waals surface area contributed by atoms with Crippen molar-refractivity contribution in [1.82, 2.24) is 0 Å². The fraction of sp³-hybridized carbons (Fsp3) is 0.895. The van der Waals surface area contributed by atoms with Gasteiger partial charge in [-0.2, -0.15) is 0 Å². The molecule has 0 aromatic heterocycles. The number of unbranched alkanes of at least 4 members (excludes halogenated alkanes) is 5. The zero-order valence-electron chi connectivity index (χ0n) is 15.5. The van der Waals surface area contributed by atoms with Crippen LogP contribution in [0.2, 0.25) is 0 Å². The fourth-order valence-corrected chi connectivity index (χ4v) is 2.83. The highest BCUT2D eigenvalue weighted by atomic mass is 16.7. The van der Waals surface area contributed by atoms with E-state index in [2.05, 4.69) is 13.8 Å². The summed E-state index contributed by atoms with van der Waals surface area (Å²) >= 11 is 0. The predicted octanol–water partition coefficient (Wildman–Crippen LogP) is 5.69. The second-order valence-electron chi connectivity index (χ2n) is 6.16. The van der Waals surface area contributed by atoms with Crippen LogP contribution in [0, 0.1) is 5.92 Å². The summed E-state index contributed by atoms with van der Waals surface area (Å²) in [6.07, 6.45) is 14.9. The van der Waals surface area contributed by atoms with Crippen molar-refractivity contribution in [2.75, 3.05) is 20.8 Å². The quantitative estimate of drug-likeness (QED) is 0.221. The van der Waals surface area contributed by atoms with Gasteiger partial charge < -0.3 is 14.2 Å². The average molecular weight is 315 g/mol. The molecule has 0 aliphatic heterocycles. The van der Waals surface area contributed by atoms with Gasteiger partial charge in [-0.05, 0) is 33.1 Å². The summed E-state index contributed by atoms with van der Waals surface area (Å²) in [7, 11) is 3.49. The highest BCUT2D eigenvalue weighted by Gasteiger charge is 2.33. The Kier molecular flexibility index (Phi) is 13.7. The maximum Gasteiger partial charge on any atom is 0.167 e. The van der Waals surface area contributed by atoms with Crippen LogP contribution in [-0.4, -0.2) is 26.6 Å². The van der Waals surface area contributed by atoms with Gasteiger partial charge in [0.2, 0.25) is 0 Å². The summed E-state index contributed by atoms with van der Waals surface area (Å²) in [5.74, 6) is -0.0628. The Morgan fingerprint density at radius 1 is 0.909 bits per heavy atom. The lowest BCUT2D eigenvalue weighted by molar-refractivity contribution is -0.230. The lowest BCUT2D eigenvalue weighted by Crippen LogP contribution is -2.39. The zero-order valence-corrected chi connectivity index (χ0v) is 15.5.